The summed E-state index contributed by atoms with van der Waals surface area (Å²) in [7, 11) is 1.88. The molecule has 1 fully saturated rings. The smallest absolute Gasteiger partial charge is 0.253 e. The lowest BCUT2D eigenvalue weighted by Crippen LogP contribution is -2.37. The fourth-order valence-electron chi connectivity index (χ4n) is 3.68. The molecule has 1 N–H and O–H groups in total. The van der Waals surface area contributed by atoms with Gasteiger partial charge in [-0.05, 0) is 30.7 Å². The van der Waals surface area contributed by atoms with Crippen molar-refractivity contribution in [1.29, 1.82) is 0 Å². The summed E-state index contributed by atoms with van der Waals surface area (Å²) in [6, 6.07) is 7.40. The summed E-state index contributed by atoms with van der Waals surface area (Å²) in [5.74, 6) is 0.578. The zero-order chi connectivity index (χ0) is 19.8. The first-order valence-corrected chi connectivity index (χ1v) is 9.47. The highest BCUT2D eigenvalue weighted by atomic mass is 16.1. The molecule has 1 aliphatic rings. The first-order valence-electron chi connectivity index (χ1n) is 9.47. The molecule has 5 heterocycles. The van der Waals surface area contributed by atoms with Gasteiger partial charge in [0.15, 0.2) is 0 Å². The number of hydrogen-bond donors (Lipinski definition) is 1. The van der Waals surface area contributed by atoms with Gasteiger partial charge in [-0.1, -0.05) is 0 Å². The number of nitrogens with zero attached hydrogens (tertiary/aromatic N) is 7. The third-order valence-corrected chi connectivity index (χ3v) is 5.13. The van der Waals surface area contributed by atoms with Crippen molar-refractivity contribution in [2.45, 2.75) is 12.5 Å². The van der Waals surface area contributed by atoms with E-state index in [4.69, 9.17) is 0 Å². The molecule has 4 aromatic rings. The Morgan fingerprint density at radius 2 is 2.14 bits per heavy atom. The van der Waals surface area contributed by atoms with E-state index in [-0.39, 0.29) is 11.9 Å². The molecule has 0 spiro atoms. The fraction of sp³-hybridized carbons (Fsp3) is 0.250. The molecular weight excluding hydrogens is 368 g/mol. The third kappa shape index (κ3) is 3.31. The fourth-order valence-corrected chi connectivity index (χ4v) is 3.68. The molecule has 1 aliphatic heterocycles. The van der Waals surface area contributed by atoms with E-state index in [2.05, 4.69) is 30.4 Å². The molecule has 0 aromatic carbocycles. The Morgan fingerprint density at radius 1 is 1.21 bits per heavy atom. The van der Waals surface area contributed by atoms with Gasteiger partial charge in [0.1, 0.15) is 0 Å². The summed E-state index contributed by atoms with van der Waals surface area (Å²) in [5, 5.41) is 11.5. The molecule has 0 aliphatic carbocycles. The largest absolute Gasteiger partial charge is 0.347 e. The van der Waals surface area contributed by atoms with Gasteiger partial charge in [-0.2, -0.15) is 10.2 Å². The number of pyridine rings is 1. The minimum absolute atomic E-state index is 0.0383. The number of carbonyl (C=O) groups is 1. The summed E-state index contributed by atoms with van der Waals surface area (Å²) in [4.78, 5) is 24.0. The lowest BCUT2D eigenvalue weighted by atomic mass is 10.2. The van der Waals surface area contributed by atoms with Crippen LogP contribution >= 0.6 is 0 Å². The van der Waals surface area contributed by atoms with Gasteiger partial charge >= 0.3 is 0 Å². The summed E-state index contributed by atoms with van der Waals surface area (Å²) in [6.07, 6.45) is 9.84. The van der Waals surface area contributed by atoms with E-state index in [1.54, 1.807) is 27.8 Å². The second kappa shape index (κ2) is 7.01. The number of hydrogen-bond acceptors (Lipinski definition) is 6. The number of carbonyl (C=O) groups excluding carboxylic acids is 1. The second-order valence-electron chi connectivity index (χ2n) is 7.13. The van der Waals surface area contributed by atoms with Gasteiger partial charge in [-0.3, -0.25) is 9.48 Å². The molecule has 1 amide bonds. The van der Waals surface area contributed by atoms with E-state index in [9.17, 15) is 4.79 Å². The van der Waals surface area contributed by atoms with Crippen LogP contribution < -0.4 is 10.2 Å². The third-order valence-electron chi connectivity index (χ3n) is 5.13. The predicted octanol–water partition coefficient (Wildman–Crippen LogP) is 1.53. The highest BCUT2D eigenvalue weighted by molar-refractivity contribution is 6.00. The summed E-state index contributed by atoms with van der Waals surface area (Å²) < 4.78 is 3.45. The van der Waals surface area contributed by atoms with Crippen molar-refractivity contribution < 1.29 is 4.79 Å². The molecule has 1 unspecified atom stereocenters. The Labute approximate surface area is 167 Å². The van der Waals surface area contributed by atoms with Crippen molar-refractivity contribution in [3.8, 4) is 11.3 Å². The Bertz CT molecular complexity index is 1180. The van der Waals surface area contributed by atoms with Crippen LogP contribution in [0.5, 0.6) is 0 Å². The highest BCUT2D eigenvalue weighted by Gasteiger charge is 2.26. The van der Waals surface area contributed by atoms with Crippen molar-refractivity contribution in [2.75, 3.05) is 18.0 Å². The molecule has 9 heteroatoms. The molecule has 0 saturated carbocycles. The van der Waals surface area contributed by atoms with Crippen molar-refractivity contribution in [3.63, 3.8) is 0 Å². The normalized spacial score (nSPS) is 16.4. The van der Waals surface area contributed by atoms with E-state index in [1.165, 1.54) is 0 Å². The van der Waals surface area contributed by atoms with Gasteiger partial charge in [-0.15, -0.1) is 0 Å². The standard InChI is InChI=1S/C20H20N8O/c1-26-12-14(11-23-26)17-4-7-21-20(25-17)27-10-6-15(13-27)24-19(29)16-3-2-9-28-18(16)5-8-22-28/h2-5,7-9,11-12,15H,6,10,13H2,1H3,(H,24,29). The SMILES string of the molecule is Cn1cc(-c2ccnc(N3CCC(NC(=O)c4cccn5nccc45)C3)n2)cn1. The summed E-state index contributed by atoms with van der Waals surface area (Å²) >= 11 is 0. The van der Waals surface area contributed by atoms with Gasteiger partial charge in [-0.25, -0.2) is 14.5 Å². The zero-order valence-corrected chi connectivity index (χ0v) is 15.9. The average molecular weight is 388 g/mol. The maximum atomic E-state index is 12.8. The van der Waals surface area contributed by atoms with Gasteiger partial charge in [0, 0.05) is 50.3 Å². The van der Waals surface area contributed by atoms with E-state index < -0.39 is 0 Å². The quantitative estimate of drug-likeness (QED) is 0.570. The van der Waals surface area contributed by atoms with Gasteiger partial charge < -0.3 is 10.2 Å². The van der Waals surface area contributed by atoms with Crippen LogP contribution in [0.3, 0.4) is 0 Å². The van der Waals surface area contributed by atoms with Crippen LogP contribution in [-0.4, -0.2) is 54.4 Å². The minimum atomic E-state index is -0.0898. The molecule has 0 bridgehead atoms. The molecule has 1 atom stereocenters. The second-order valence-corrected chi connectivity index (χ2v) is 7.13. The van der Waals surface area contributed by atoms with Crippen LogP contribution in [0.15, 0.2) is 55.2 Å². The number of anilines is 1. The molecule has 1 saturated heterocycles. The van der Waals surface area contributed by atoms with E-state index in [0.717, 1.165) is 29.7 Å². The van der Waals surface area contributed by atoms with Gasteiger partial charge in [0.05, 0.1) is 29.2 Å². The van der Waals surface area contributed by atoms with Crippen LogP contribution in [0.2, 0.25) is 0 Å². The number of fused-ring (bicyclic) bond motifs is 1. The molecule has 5 rings (SSSR count). The molecule has 146 valence electrons. The monoisotopic (exact) mass is 388 g/mol. The van der Waals surface area contributed by atoms with Crippen LogP contribution in [0.25, 0.3) is 16.8 Å². The zero-order valence-electron chi connectivity index (χ0n) is 15.9. The Kier molecular flexibility index (Phi) is 4.19. The maximum Gasteiger partial charge on any atom is 0.253 e. The summed E-state index contributed by atoms with van der Waals surface area (Å²) in [6.45, 7) is 1.46. The van der Waals surface area contributed by atoms with Gasteiger partial charge in [0.25, 0.3) is 5.91 Å². The van der Waals surface area contributed by atoms with Crippen LogP contribution in [0, 0.1) is 0 Å². The predicted molar refractivity (Wildman–Crippen MR) is 108 cm³/mol. The number of aromatic nitrogens is 6. The number of amides is 1. The lowest BCUT2D eigenvalue weighted by molar-refractivity contribution is 0.0941. The van der Waals surface area contributed by atoms with E-state index in [1.807, 2.05) is 43.7 Å². The number of aryl methyl sites for hydroxylation is 1. The van der Waals surface area contributed by atoms with E-state index >= 15 is 0 Å². The average Bonchev–Trinajstić information content (AvgIpc) is 3.48. The number of rotatable bonds is 4. The summed E-state index contributed by atoms with van der Waals surface area (Å²) in [5.41, 5.74) is 3.21. The Morgan fingerprint density at radius 3 is 3.00 bits per heavy atom. The Hall–Kier alpha value is -3.75. The minimum Gasteiger partial charge on any atom is -0.347 e. The van der Waals surface area contributed by atoms with E-state index in [0.29, 0.717) is 18.1 Å². The topological polar surface area (TPSA) is 93.2 Å². The molecule has 4 aromatic heterocycles. The maximum absolute atomic E-state index is 12.8. The van der Waals surface area contributed by atoms with Gasteiger partial charge in [0.2, 0.25) is 5.95 Å². The first kappa shape index (κ1) is 17.4. The first-order chi connectivity index (χ1) is 14.2. The van der Waals surface area contributed by atoms with Crippen LogP contribution in [0.4, 0.5) is 5.95 Å². The van der Waals surface area contributed by atoms with Crippen molar-refractivity contribution >= 4 is 17.4 Å². The lowest BCUT2D eigenvalue weighted by Gasteiger charge is -2.17. The molecule has 9 nitrogen and oxygen atoms in total. The molecule has 29 heavy (non-hydrogen) atoms. The molecule has 0 radical (unpaired) electrons. The molecular formula is C20H20N8O. The van der Waals surface area contributed by atoms with Crippen molar-refractivity contribution in [1.82, 2.24) is 34.7 Å². The van der Waals surface area contributed by atoms with Crippen LogP contribution in [-0.2, 0) is 7.05 Å². The van der Waals surface area contributed by atoms with Crippen LogP contribution in [0.1, 0.15) is 16.8 Å². The number of nitrogens with one attached hydrogen (secondary N) is 1. The Balaban J connectivity index is 1.29. The van der Waals surface area contributed by atoms with Crippen molar-refractivity contribution in [2.24, 2.45) is 7.05 Å². The highest BCUT2D eigenvalue weighted by Crippen LogP contribution is 2.21. The van der Waals surface area contributed by atoms with Crippen molar-refractivity contribution in [3.05, 3.63) is 60.8 Å².